The van der Waals surface area contributed by atoms with Crippen LogP contribution in [0, 0.1) is 20.8 Å². The van der Waals surface area contributed by atoms with Gasteiger partial charge in [0, 0.05) is 11.4 Å². The smallest absolute Gasteiger partial charge is 0.308 e. The van der Waals surface area contributed by atoms with E-state index in [2.05, 4.69) is 23.6 Å². The Kier molecular flexibility index (Phi) is 4.63. The van der Waals surface area contributed by atoms with Crippen molar-refractivity contribution in [3.8, 4) is 0 Å². The Hall–Kier alpha value is -2.29. The van der Waals surface area contributed by atoms with Gasteiger partial charge in [-0.3, -0.25) is 0 Å². The Balaban J connectivity index is 2.15. The average molecular weight is 282 g/mol. The number of aryl methyl sites for hydroxylation is 4. The standard InChI is InChI=1S/C18H22N2O/c1-5-15-8-6-7-14(4)17(15)20-18(21)19-16-10-12(2)9-13(3)11-16/h6-11H,5H2,1-4H3,(H2,19,20,21). The van der Waals surface area contributed by atoms with E-state index in [1.165, 1.54) is 0 Å². The van der Waals surface area contributed by atoms with Crippen LogP contribution in [0.1, 0.15) is 29.2 Å². The van der Waals surface area contributed by atoms with Crippen molar-refractivity contribution >= 4 is 17.4 Å². The molecule has 0 aromatic heterocycles. The van der Waals surface area contributed by atoms with Gasteiger partial charge in [-0.25, -0.2) is 4.79 Å². The highest BCUT2D eigenvalue weighted by Gasteiger charge is 2.09. The molecule has 0 atom stereocenters. The number of benzene rings is 2. The summed E-state index contributed by atoms with van der Waals surface area (Å²) in [5.41, 5.74) is 6.21. The molecule has 0 radical (unpaired) electrons. The van der Waals surface area contributed by atoms with Crippen LogP contribution in [0.25, 0.3) is 0 Å². The van der Waals surface area contributed by atoms with Crippen LogP contribution in [0.4, 0.5) is 16.2 Å². The first kappa shape index (κ1) is 15.1. The van der Waals surface area contributed by atoms with Crippen molar-refractivity contribution in [2.45, 2.75) is 34.1 Å². The summed E-state index contributed by atoms with van der Waals surface area (Å²) >= 11 is 0. The Labute approximate surface area is 126 Å². The van der Waals surface area contributed by atoms with E-state index in [1.54, 1.807) is 0 Å². The summed E-state index contributed by atoms with van der Waals surface area (Å²) in [4.78, 5) is 12.2. The molecule has 3 nitrogen and oxygen atoms in total. The minimum atomic E-state index is -0.205. The fraction of sp³-hybridized carbons (Fsp3) is 0.278. The number of rotatable bonds is 3. The Morgan fingerprint density at radius 3 is 2.29 bits per heavy atom. The predicted molar refractivity (Wildman–Crippen MR) is 89.1 cm³/mol. The van der Waals surface area contributed by atoms with Gasteiger partial charge in [-0.05, 0) is 61.6 Å². The number of urea groups is 1. The molecule has 3 heteroatoms. The van der Waals surface area contributed by atoms with Gasteiger partial charge in [0.25, 0.3) is 0 Å². The number of hydrogen-bond acceptors (Lipinski definition) is 1. The quantitative estimate of drug-likeness (QED) is 0.832. The van der Waals surface area contributed by atoms with E-state index >= 15 is 0 Å². The lowest BCUT2D eigenvalue weighted by atomic mass is 10.1. The molecule has 2 aromatic carbocycles. The minimum absolute atomic E-state index is 0.205. The van der Waals surface area contributed by atoms with Gasteiger partial charge in [0.05, 0.1) is 0 Å². The van der Waals surface area contributed by atoms with E-state index in [1.807, 2.05) is 51.1 Å². The molecule has 0 unspecified atom stereocenters. The molecule has 0 aliphatic carbocycles. The minimum Gasteiger partial charge on any atom is -0.308 e. The van der Waals surface area contributed by atoms with Gasteiger partial charge < -0.3 is 10.6 Å². The molecule has 0 bridgehead atoms. The van der Waals surface area contributed by atoms with Crippen LogP contribution in [-0.2, 0) is 6.42 Å². The van der Waals surface area contributed by atoms with E-state index in [-0.39, 0.29) is 6.03 Å². The first-order valence-electron chi connectivity index (χ1n) is 7.24. The first-order chi connectivity index (χ1) is 9.99. The van der Waals surface area contributed by atoms with Gasteiger partial charge in [-0.1, -0.05) is 31.2 Å². The number of anilines is 2. The largest absolute Gasteiger partial charge is 0.323 e. The van der Waals surface area contributed by atoms with Gasteiger partial charge in [-0.15, -0.1) is 0 Å². The summed E-state index contributed by atoms with van der Waals surface area (Å²) in [7, 11) is 0. The van der Waals surface area contributed by atoms with E-state index in [0.29, 0.717) is 0 Å². The lowest BCUT2D eigenvalue weighted by Gasteiger charge is -2.14. The van der Waals surface area contributed by atoms with Crippen LogP contribution in [0.15, 0.2) is 36.4 Å². The number of carbonyl (C=O) groups excluding carboxylic acids is 1. The summed E-state index contributed by atoms with van der Waals surface area (Å²) in [5.74, 6) is 0. The van der Waals surface area contributed by atoms with Crippen molar-refractivity contribution in [3.63, 3.8) is 0 Å². The predicted octanol–water partition coefficient (Wildman–Crippen LogP) is 4.82. The van der Waals surface area contributed by atoms with E-state index < -0.39 is 0 Å². The molecule has 2 N–H and O–H groups in total. The van der Waals surface area contributed by atoms with E-state index in [9.17, 15) is 4.79 Å². The molecule has 110 valence electrons. The van der Waals surface area contributed by atoms with Gasteiger partial charge in [0.2, 0.25) is 0 Å². The molecule has 0 fully saturated rings. The molecule has 21 heavy (non-hydrogen) atoms. The van der Waals surface area contributed by atoms with Crippen LogP contribution in [0.2, 0.25) is 0 Å². The van der Waals surface area contributed by atoms with Crippen molar-refractivity contribution in [2.75, 3.05) is 10.6 Å². The van der Waals surface area contributed by atoms with Crippen LogP contribution >= 0.6 is 0 Å². The fourth-order valence-corrected chi connectivity index (χ4v) is 2.52. The molecule has 0 saturated carbocycles. The molecule has 0 spiro atoms. The van der Waals surface area contributed by atoms with Crippen molar-refractivity contribution in [1.29, 1.82) is 0 Å². The number of amides is 2. The molecule has 2 amide bonds. The molecule has 0 aliphatic heterocycles. The maximum atomic E-state index is 12.2. The monoisotopic (exact) mass is 282 g/mol. The third-order valence-corrected chi connectivity index (χ3v) is 3.46. The summed E-state index contributed by atoms with van der Waals surface area (Å²) < 4.78 is 0. The normalized spacial score (nSPS) is 10.3. The lowest BCUT2D eigenvalue weighted by Crippen LogP contribution is -2.21. The van der Waals surface area contributed by atoms with Crippen molar-refractivity contribution in [1.82, 2.24) is 0 Å². The van der Waals surface area contributed by atoms with Crippen molar-refractivity contribution < 1.29 is 4.79 Å². The third kappa shape index (κ3) is 3.85. The molecule has 0 aliphatic rings. The summed E-state index contributed by atoms with van der Waals surface area (Å²) in [6, 6.07) is 11.9. The number of carbonyl (C=O) groups is 1. The number of hydrogen-bond donors (Lipinski definition) is 2. The summed E-state index contributed by atoms with van der Waals surface area (Å²) in [6.45, 7) is 8.13. The maximum absolute atomic E-state index is 12.2. The van der Waals surface area contributed by atoms with Gasteiger partial charge in [-0.2, -0.15) is 0 Å². The SMILES string of the molecule is CCc1cccc(C)c1NC(=O)Nc1cc(C)cc(C)c1. The highest BCUT2D eigenvalue weighted by molar-refractivity contribution is 6.00. The maximum Gasteiger partial charge on any atom is 0.323 e. The lowest BCUT2D eigenvalue weighted by molar-refractivity contribution is 0.262. The van der Waals surface area contributed by atoms with Crippen molar-refractivity contribution in [2.24, 2.45) is 0 Å². The van der Waals surface area contributed by atoms with Crippen LogP contribution in [0.5, 0.6) is 0 Å². The van der Waals surface area contributed by atoms with Crippen LogP contribution < -0.4 is 10.6 Å². The molecular weight excluding hydrogens is 260 g/mol. The highest BCUT2D eigenvalue weighted by Crippen LogP contribution is 2.21. The summed E-state index contributed by atoms with van der Waals surface area (Å²) in [5, 5.41) is 5.87. The van der Waals surface area contributed by atoms with Crippen molar-refractivity contribution in [3.05, 3.63) is 58.7 Å². The zero-order valence-electron chi connectivity index (χ0n) is 13.1. The summed E-state index contributed by atoms with van der Waals surface area (Å²) in [6.07, 6.45) is 0.890. The second kappa shape index (κ2) is 6.44. The van der Waals surface area contributed by atoms with Crippen LogP contribution in [0.3, 0.4) is 0 Å². The molecule has 0 heterocycles. The second-order valence-corrected chi connectivity index (χ2v) is 5.42. The molecule has 0 saturated heterocycles. The molecule has 2 rings (SSSR count). The average Bonchev–Trinajstić information content (AvgIpc) is 2.39. The van der Waals surface area contributed by atoms with E-state index in [4.69, 9.17) is 0 Å². The van der Waals surface area contributed by atoms with Crippen LogP contribution in [-0.4, -0.2) is 6.03 Å². The van der Waals surface area contributed by atoms with Gasteiger partial charge in [0.15, 0.2) is 0 Å². The molecule has 2 aromatic rings. The number of para-hydroxylation sites is 1. The zero-order chi connectivity index (χ0) is 15.4. The third-order valence-electron chi connectivity index (χ3n) is 3.46. The fourth-order valence-electron chi connectivity index (χ4n) is 2.52. The first-order valence-corrected chi connectivity index (χ1v) is 7.24. The van der Waals surface area contributed by atoms with Gasteiger partial charge in [0.1, 0.15) is 0 Å². The van der Waals surface area contributed by atoms with Gasteiger partial charge >= 0.3 is 6.03 Å². The van der Waals surface area contributed by atoms with E-state index in [0.717, 1.165) is 40.0 Å². The molecular formula is C18H22N2O. The Bertz CT molecular complexity index is 642. The Morgan fingerprint density at radius 2 is 1.67 bits per heavy atom. The Morgan fingerprint density at radius 1 is 1.00 bits per heavy atom. The number of nitrogens with one attached hydrogen (secondary N) is 2. The topological polar surface area (TPSA) is 41.1 Å². The zero-order valence-corrected chi connectivity index (χ0v) is 13.1. The highest BCUT2D eigenvalue weighted by atomic mass is 16.2. The second-order valence-electron chi connectivity index (χ2n) is 5.42.